The van der Waals surface area contributed by atoms with E-state index in [4.69, 9.17) is 0 Å². The van der Waals surface area contributed by atoms with Crippen molar-refractivity contribution in [3.8, 4) is 0 Å². The second-order valence-electron chi connectivity index (χ2n) is 4.13. The molecule has 0 aliphatic rings. The van der Waals surface area contributed by atoms with Crippen LogP contribution in [0, 0.1) is 15.9 Å². The lowest BCUT2D eigenvalue weighted by Crippen LogP contribution is -2.26. The van der Waals surface area contributed by atoms with E-state index in [1.165, 1.54) is 6.07 Å². The minimum absolute atomic E-state index is 0.102. The molecule has 1 aromatic carbocycles. The van der Waals surface area contributed by atoms with Crippen LogP contribution in [0.25, 0.3) is 0 Å². The summed E-state index contributed by atoms with van der Waals surface area (Å²) in [5, 5.41) is 13.1. The molecule has 7 heteroatoms. The Bertz CT molecular complexity index is 639. The zero-order valence-electron chi connectivity index (χ0n) is 10.4. The number of carbonyl (C=O) groups is 1. The summed E-state index contributed by atoms with van der Waals surface area (Å²) in [4.78, 5) is 24.1. The summed E-state index contributed by atoms with van der Waals surface area (Å²) in [6, 6.07) is 7.45. The third-order valence-electron chi connectivity index (χ3n) is 2.76. The smallest absolute Gasteiger partial charge is 0.287 e. The highest BCUT2D eigenvalue weighted by atomic mass is 19.1. The van der Waals surface area contributed by atoms with E-state index in [2.05, 4.69) is 10.3 Å². The van der Waals surface area contributed by atoms with Crippen molar-refractivity contribution in [1.82, 2.24) is 10.3 Å². The van der Waals surface area contributed by atoms with Gasteiger partial charge in [0.25, 0.3) is 11.6 Å². The van der Waals surface area contributed by atoms with Gasteiger partial charge in [0.05, 0.1) is 11.1 Å². The van der Waals surface area contributed by atoms with Crippen LogP contribution in [-0.2, 0) is 6.42 Å². The van der Waals surface area contributed by atoms with Gasteiger partial charge in [0.15, 0.2) is 0 Å². The van der Waals surface area contributed by atoms with Gasteiger partial charge in [0, 0.05) is 12.6 Å². The minimum Gasteiger partial charge on any atom is -0.351 e. The van der Waals surface area contributed by atoms with Crippen molar-refractivity contribution >= 4 is 11.6 Å². The predicted octanol–water partition coefficient (Wildman–Crippen LogP) is 2.03. The van der Waals surface area contributed by atoms with Crippen molar-refractivity contribution in [2.24, 2.45) is 0 Å². The fourth-order valence-electron chi connectivity index (χ4n) is 1.73. The van der Waals surface area contributed by atoms with E-state index in [1.54, 1.807) is 18.2 Å². The summed E-state index contributed by atoms with van der Waals surface area (Å²) in [6.45, 7) is 0.243. The zero-order valence-corrected chi connectivity index (χ0v) is 10.4. The van der Waals surface area contributed by atoms with Gasteiger partial charge in [-0.2, -0.15) is 0 Å². The highest BCUT2D eigenvalue weighted by Gasteiger charge is 2.14. The molecule has 2 N–H and O–H groups in total. The Balaban J connectivity index is 1.89. The highest BCUT2D eigenvalue weighted by molar-refractivity contribution is 5.93. The van der Waals surface area contributed by atoms with E-state index in [1.807, 2.05) is 0 Å². The van der Waals surface area contributed by atoms with Crippen molar-refractivity contribution in [2.45, 2.75) is 6.42 Å². The van der Waals surface area contributed by atoms with Crippen LogP contribution < -0.4 is 5.32 Å². The van der Waals surface area contributed by atoms with E-state index in [0.717, 1.165) is 12.3 Å². The molecule has 20 heavy (non-hydrogen) atoms. The molecule has 0 unspecified atom stereocenters. The first kappa shape index (κ1) is 13.7. The van der Waals surface area contributed by atoms with Crippen molar-refractivity contribution < 1.29 is 14.1 Å². The van der Waals surface area contributed by atoms with Crippen LogP contribution in [-0.4, -0.2) is 22.4 Å². The Morgan fingerprint density at radius 1 is 1.40 bits per heavy atom. The number of amides is 1. The average Bonchev–Trinajstić information content (AvgIpc) is 2.91. The van der Waals surface area contributed by atoms with Crippen LogP contribution >= 0.6 is 0 Å². The maximum absolute atomic E-state index is 13.3. The van der Waals surface area contributed by atoms with Gasteiger partial charge in [-0.15, -0.1) is 0 Å². The second kappa shape index (κ2) is 5.96. The van der Waals surface area contributed by atoms with Crippen LogP contribution in [0.3, 0.4) is 0 Å². The number of benzene rings is 1. The third kappa shape index (κ3) is 3.19. The number of H-pyrrole nitrogens is 1. The van der Waals surface area contributed by atoms with Gasteiger partial charge >= 0.3 is 0 Å². The van der Waals surface area contributed by atoms with Gasteiger partial charge in [0.2, 0.25) is 0 Å². The third-order valence-corrected chi connectivity index (χ3v) is 2.76. The maximum atomic E-state index is 13.3. The lowest BCUT2D eigenvalue weighted by Gasteiger charge is -2.04. The van der Waals surface area contributed by atoms with Crippen LogP contribution in [0.2, 0.25) is 0 Å². The number of nitrogens with zero attached hydrogens (tertiary/aromatic N) is 1. The summed E-state index contributed by atoms with van der Waals surface area (Å²) >= 11 is 0. The van der Waals surface area contributed by atoms with Gasteiger partial charge in [-0.05, 0) is 18.1 Å². The Hall–Kier alpha value is -2.70. The molecule has 0 spiro atoms. The van der Waals surface area contributed by atoms with Crippen molar-refractivity contribution in [3.05, 3.63) is 63.7 Å². The van der Waals surface area contributed by atoms with E-state index in [0.29, 0.717) is 12.0 Å². The van der Waals surface area contributed by atoms with Gasteiger partial charge < -0.3 is 10.3 Å². The number of rotatable bonds is 5. The first-order chi connectivity index (χ1) is 9.58. The molecule has 0 radical (unpaired) electrons. The number of hydrogen-bond acceptors (Lipinski definition) is 3. The fraction of sp³-hybridized carbons (Fsp3) is 0.154. The summed E-state index contributed by atoms with van der Waals surface area (Å²) in [6.07, 6.45) is 1.49. The van der Waals surface area contributed by atoms with E-state index < -0.39 is 10.8 Å². The Labute approximate surface area is 113 Å². The molecule has 0 aliphatic heterocycles. The largest absolute Gasteiger partial charge is 0.351 e. The lowest BCUT2D eigenvalue weighted by molar-refractivity contribution is -0.384. The Morgan fingerprint density at radius 2 is 2.15 bits per heavy atom. The molecule has 6 nitrogen and oxygen atoms in total. The number of nitrogens with one attached hydrogen (secondary N) is 2. The van der Waals surface area contributed by atoms with E-state index in [-0.39, 0.29) is 23.7 Å². The number of nitro groups is 1. The zero-order chi connectivity index (χ0) is 14.5. The topological polar surface area (TPSA) is 88.0 Å². The molecule has 0 fully saturated rings. The molecule has 0 aliphatic carbocycles. The molecule has 0 atom stereocenters. The molecule has 2 aromatic rings. The van der Waals surface area contributed by atoms with Crippen LogP contribution in [0.4, 0.5) is 10.1 Å². The summed E-state index contributed by atoms with van der Waals surface area (Å²) in [5.74, 6) is -0.785. The molecular formula is C13H12FN3O3. The normalized spacial score (nSPS) is 10.2. The molecule has 1 amide bonds. The monoisotopic (exact) mass is 277 g/mol. The van der Waals surface area contributed by atoms with Crippen molar-refractivity contribution in [1.29, 1.82) is 0 Å². The quantitative estimate of drug-likeness (QED) is 0.647. The molecule has 1 aromatic heterocycles. The lowest BCUT2D eigenvalue weighted by atomic mass is 10.1. The molecule has 2 rings (SSSR count). The first-order valence-corrected chi connectivity index (χ1v) is 5.92. The van der Waals surface area contributed by atoms with Gasteiger partial charge in [-0.25, -0.2) is 4.39 Å². The number of aromatic nitrogens is 1. The van der Waals surface area contributed by atoms with Crippen molar-refractivity contribution in [2.75, 3.05) is 6.54 Å². The second-order valence-corrected chi connectivity index (χ2v) is 4.13. The standard InChI is InChI=1S/C13H12FN3O3/c14-11-4-2-1-3-9(11)5-6-15-13(18)12-7-10(8-16-12)17(19)20/h1-4,7-8,16H,5-6H2,(H,15,18). The molecule has 104 valence electrons. The molecule has 0 bridgehead atoms. The average molecular weight is 277 g/mol. The summed E-state index contributed by atoms with van der Waals surface area (Å²) in [5.41, 5.74) is 0.430. The molecular weight excluding hydrogens is 265 g/mol. The van der Waals surface area contributed by atoms with Crippen LogP contribution in [0.1, 0.15) is 16.1 Å². The highest BCUT2D eigenvalue weighted by Crippen LogP contribution is 2.12. The number of halogens is 1. The van der Waals surface area contributed by atoms with Crippen LogP contribution in [0.15, 0.2) is 36.5 Å². The van der Waals surface area contributed by atoms with E-state index in [9.17, 15) is 19.3 Å². The Kier molecular flexibility index (Phi) is 4.09. The minimum atomic E-state index is -0.591. The van der Waals surface area contributed by atoms with E-state index >= 15 is 0 Å². The fourth-order valence-corrected chi connectivity index (χ4v) is 1.73. The molecule has 0 saturated carbocycles. The van der Waals surface area contributed by atoms with Gasteiger partial charge in [0.1, 0.15) is 11.5 Å². The summed E-state index contributed by atoms with van der Waals surface area (Å²) < 4.78 is 13.3. The SMILES string of the molecule is O=C(NCCc1ccccc1F)c1cc([N+](=O)[O-])c[nH]1. The predicted molar refractivity (Wildman–Crippen MR) is 69.9 cm³/mol. The van der Waals surface area contributed by atoms with Crippen LogP contribution in [0.5, 0.6) is 0 Å². The molecule has 0 saturated heterocycles. The van der Waals surface area contributed by atoms with Gasteiger partial charge in [-0.1, -0.05) is 18.2 Å². The summed E-state index contributed by atoms with van der Waals surface area (Å²) in [7, 11) is 0. The first-order valence-electron chi connectivity index (χ1n) is 5.92. The number of carbonyl (C=O) groups excluding carboxylic acids is 1. The van der Waals surface area contributed by atoms with Gasteiger partial charge in [-0.3, -0.25) is 14.9 Å². The molecule has 1 heterocycles. The number of hydrogen-bond donors (Lipinski definition) is 2. The number of aromatic amines is 1. The maximum Gasteiger partial charge on any atom is 0.287 e. The Morgan fingerprint density at radius 3 is 2.80 bits per heavy atom. The van der Waals surface area contributed by atoms with Crippen molar-refractivity contribution in [3.63, 3.8) is 0 Å².